The Balaban J connectivity index is 1.94. The molecule has 0 amide bonds. The van der Waals surface area contributed by atoms with Gasteiger partial charge in [-0.05, 0) is 44.5 Å². The van der Waals surface area contributed by atoms with Crippen LogP contribution in [0.15, 0.2) is 22.5 Å². The number of piperazine rings is 1. The highest BCUT2D eigenvalue weighted by Crippen LogP contribution is 2.23. The van der Waals surface area contributed by atoms with Crippen molar-refractivity contribution in [2.24, 2.45) is 4.99 Å². The number of guanidine groups is 1. The monoisotopic (exact) mass is 340 g/mol. The molecule has 0 atom stereocenters. The van der Waals surface area contributed by atoms with Crippen LogP contribution < -0.4 is 10.2 Å². The lowest BCUT2D eigenvalue weighted by molar-refractivity contribution is 0.373. The van der Waals surface area contributed by atoms with E-state index in [1.807, 2.05) is 23.1 Å². The summed E-state index contributed by atoms with van der Waals surface area (Å²) >= 11 is 3.70. The van der Waals surface area contributed by atoms with E-state index < -0.39 is 0 Å². The van der Waals surface area contributed by atoms with Gasteiger partial charge in [0.15, 0.2) is 5.96 Å². The molecule has 22 heavy (non-hydrogen) atoms. The zero-order chi connectivity index (χ0) is 16.0. The predicted octanol–water partition coefficient (Wildman–Crippen LogP) is 2.98. The predicted molar refractivity (Wildman–Crippen MR) is 102 cm³/mol. The zero-order valence-corrected chi connectivity index (χ0v) is 15.8. The molecule has 124 valence electrons. The summed E-state index contributed by atoms with van der Waals surface area (Å²) in [5, 5.41) is 6.98. The van der Waals surface area contributed by atoms with Gasteiger partial charge in [0.1, 0.15) is 0 Å². The smallest absolute Gasteiger partial charge is 0.194 e. The number of nitrogens with one attached hydrogen (secondary N) is 1. The van der Waals surface area contributed by atoms with Crippen LogP contribution in [0.3, 0.4) is 0 Å². The molecule has 0 aromatic carbocycles. The number of hydrogen-bond acceptors (Lipinski definition) is 4. The summed E-state index contributed by atoms with van der Waals surface area (Å²) < 4.78 is 0.194. The molecule has 1 fully saturated rings. The maximum atomic E-state index is 4.86. The molecule has 0 bridgehead atoms. The second-order valence-electron chi connectivity index (χ2n) is 6.06. The first kappa shape index (κ1) is 17.5. The maximum absolute atomic E-state index is 4.86. The van der Waals surface area contributed by atoms with Crippen molar-refractivity contribution in [1.29, 1.82) is 0 Å². The summed E-state index contributed by atoms with van der Waals surface area (Å²) in [5.74, 6) is 1.07. The average molecular weight is 341 g/mol. The van der Waals surface area contributed by atoms with Crippen molar-refractivity contribution in [3.63, 3.8) is 0 Å². The maximum Gasteiger partial charge on any atom is 0.194 e. The van der Waals surface area contributed by atoms with Gasteiger partial charge in [-0.25, -0.2) is 0 Å². The van der Waals surface area contributed by atoms with Crippen molar-refractivity contribution in [1.82, 2.24) is 10.2 Å². The quantitative estimate of drug-likeness (QED) is 0.659. The second-order valence-corrected chi connectivity index (χ2v) is 8.50. The highest BCUT2D eigenvalue weighted by atomic mass is 32.2. The number of thiophene rings is 1. The number of thioether (sulfide) groups is 1. The third-order valence-electron chi connectivity index (χ3n) is 3.89. The highest BCUT2D eigenvalue weighted by Gasteiger charge is 2.21. The molecule has 1 aliphatic heterocycles. The van der Waals surface area contributed by atoms with E-state index in [1.54, 1.807) is 0 Å². The molecule has 0 radical (unpaired) electrons. The van der Waals surface area contributed by atoms with Gasteiger partial charge in [-0.1, -0.05) is 0 Å². The molecule has 1 aromatic rings. The molecule has 1 N–H and O–H groups in total. The van der Waals surface area contributed by atoms with Gasteiger partial charge in [-0.15, -0.1) is 11.3 Å². The number of nitrogens with zero attached hydrogens (tertiary/aromatic N) is 3. The molecule has 0 aliphatic carbocycles. The van der Waals surface area contributed by atoms with Gasteiger partial charge in [-0.2, -0.15) is 11.8 Å². The Labute approximate surface area is 143 Å². The van der Waals surface area contributed by atoms with E-state index in [2.05, 4.69) is 59.7 Å². The average Bonchev–Trinajstić information content (AvgIpc) is 3.06. The van der Waals surface area contributed by atoms with Crippen molar-refractivity contribution in [3.05, 3.63) is 17.5 Å². The van der Waals surface area contributed by atoms with Crippen LogP contribution in [0.25, 0.3) is 0 Å². The van der Waals surface area contributed by atoms with Gasteiger partial charge in [0.2, 0.25) is 0 Å². The van der Waals surface area contributed by atoms with Crippen LogP contribution in [0.5, 0.6) is 0 Å². The zero-order valence-electron chi connectivity index (χ0n) is 14.1. The molecule has 0 unspecified atom stereocenters. The summed E-state index contributed by atoms with van der Waals surface area (Å²) in [6.07, 6.45) is 2.16. The van der Waals surface area contributed by atoms with Crippen LogP contribution in [-0.4, -0.2) is 61.1 Å². The number of rotatable bonds is 5. The minimum Gasteiger partial charge on any atom is -0.360 e. The summed E-state index contributed by atoms with van der Waals surface area (Å²) in [5.41, 5.74) is 0. The van der Waals surface area contributed by atoms with Crippen LogP contribution in [0, 0.1) is 0 Å². The Hall–Kier alpha value is -0.880. The van der Waals surface area contributed by atoms with Crippen LogP contribution in [0.4, 0.5) is 5.00 Å². The second kappa shape index (κ2) is 8.11. The van der Waals surface area contributed by atoms with Crippen LogP contribution >= 0.6 is 23.1 Å². The molecule has 1 aliphatic rings. The Morgan fingerprint density at radius 3 is 2.64 bits per heavy atom. The van der Waals surface area contributed by atoms with Crippen LogP contribution in [0.2, 0.25) is 0 Å². The lowest BCUT2D eigenvalue weighted by atomic mass is 10.2. The van der Waals surface area contributed by atoms with Crippen molar-refractivity contribution >= 4 is 34.1 Å². The van der Waals surface area contributed by atoms with Gasteiger partial charge in [-0.3, -0.25) is 4.99 Å². The molecule has 6 heteroatoms. The van der Waals surface area contributed by atoms with E-state index in [-0.39, 0.29) is 4.75 Å². The van der Waals surface area contributed by atoms with Gasteiger partial charge in [0, 0.05) is 37.5 Å². The topological polar surface area (TPSA) is 30.9 Å². The number of hydrogen-bond donors (Lipinski definition) is 1. The summed E-state index contributed by atoms with van der Waals surface area (Å²) in [6.45, 7) is 12.6. The van der Waals surface area contributed by atoms with E-state index in [9.17, 15) is 0 Å². The van der Waals surface area contributed by atoms with Crippen molar-refractivity contribution in [3.8, 4) is 0 Å². The van der Waals surface area contributed by atoms with Gasteiger partial charge in [0.05, 0.1) is 11.5 Å². The Morgan fingerprint density at radius 1 is 1.36 bits per heavy atom. The SMILES string of the molecule is CCNC(=NCC(C)(C)SC)N1CCN(c2cccs2)CC1. The Morgan fingerprint density at radius 2 is 2.09 bits per heavy atom. The number of aliphatic imine (C=N–C) groups is 1. The fraction of sp³-hybridized carbons (Fsp3) is 0.688. The Bertz CT molecular complexity index is 463. The molecular weight excluding hydrogens is 312 g/mol. The number of anilines is 1. The van der Waals surface area contributed by atoms with Crippen molar-refractivity contribution in [2.75, 3.05) is 50.4 Å². The van der Waals surface area contributed by atoms with E-state index in [0.717, 1.165) is 45.2 Å². The normalized spacial score (nSPS) is 17.0. The van der Waals surface area contributed by atoms with Crippen LogP contribution in [-0.2, 0) is 0 Å². The summed E-state index contributed by atoms with van der Waals surface area (Å²) in [6, 6.07) is 4.34. The van der Waals surface area contributed by atoms with E-state index in [1.165, 1.54) is 5.00 Å². The van der Waals surface area contributed by atoms with Crippen molar-refractivity contribution in [2.45, 2.75) is 25.5 Å². The fourth-order valence-corrected chi connectivity index (χ4v) is 3.32. The molecular formula is C16H28N4S2. The summed E-state index contributed by atoms with van der Waals surface area (Å²) in [4.78, 5) is 9.72. The molecule has 2 heterocycles. The molecule has 2 rings (SSSR count). The van der Waals surface area contributed by atoms with E-state index in [4.69, 9.17) is 4.99 Å². The Kier molecular flexibility index (Phi) is 6.44. The van der Waals surface area contributed by atoms with Gasteiger partial charge < -0.3 is 15.1 Å². The lowest BCUT2D eigenvalue weighted by Gasteiger charge is -2.37. The first-order valence-electron chi connectivity index (χ1n) is 7.92. The highest BCUT2D eigenvalue weighted by molar-refractivity contribution is 7.99. The summed E-state index contributed by atoms with van der Waals surface area (Å²) in [7, 11) is 0. The fourth-order valence-electron chi connectivity index (χ4n) is 2.34. The molecule has 0 spiro atoms. The molecule has 1 saturated heterocycles. The third kappa shape index (κ3) is 4.81. The first-order chi connectivity index (χ1) is 10.6. The van der Waals surface area contributed by atoms with Gasteiger partial charge >= 0.3 is 0 Å². The molecule has 4 nitrogen and oxygen atoms in total. The van der Waals surface area contributed by atoms with Crippen molar-refractivity contribution < 1.29 is 0 Å². The largest absolute Gasteiger partial charge is 0.360 e. The minimum absolute atomic E-state index is 0.194. The molecule has 0 saturated carbocycles. The van der Waals surface area contributed by atoms with E-state index in [0.29, 0.717) is 0 Å². The van der Waals surface area contributed by atoms with Gasteiger partial charge in [0.25, 0.3) is 0 Å². The standard InChI is InChI=1S/C16H28N4S2/c1-5-17-15(18-13-16(2,3)21-4)20-10-8-19(9-11-20)14-7-6-12-22-14/h6-7,12H,5,8-11,13H2,1-4H3,(H,17,18). The van der Waals surface area contributed by atoms with Crippen LogP contribution in [0.1, 0.15) is 20.8 Å². The molecule has 1 aromatic heterocycles. The minimum atomic E-state index is 0.194. The first-order valence-corrected chi connectivity index (χ1v) is 10.0. The lowest BCUT2D eigenvalue weighted by Crippen LogP contribution is -2.52. The van der Waals surface area contributed by atoms with E-state index >= 15 is 0 Å². The third-order valence-corrected chi connectivity index (χ3v) is 6.06.